The zero-order chi connectivity index (χ0) is 15.4. The Balaban J connectivity index is 2.20. The minimum absolute atomic E-state index is 0.202. The van der Waals surface area contributed by atoms with Crippen LogP contribution in [-0.4, -0.2) is 11.8 Å². The Hall–Kier alpha value is -2.53. The largest absolute Gasteiger partial charge is 0.399 e. The van der Waals surface area contributed by atoms with Crippen LogP contribution < -0.4 is 16.4 Å². The SMILES string of the molecule is CC(=O)Nc1cccc(C(=O)Nc2cc(N)ccc2Cl)c1. The normalized spacial score (nSPS) is 10.0. The van der Waals surface area contributed by atoms with E-state index >= 15 is 0 Å². The Morgan fingerprint density at radius 2 is 1.86 bits per heavy atom. The van der Waals surface area contributed by atoms with Crippen molar-refractivity contribution in [1.29, 1.82) is 0 Å². The molecule has 0 aliphatic heterocycles. The molecular weight excluding hydrogens is 290 g/mol. The topological polar surface area (TPSA) is 84.2 Å². The van der Waals surface area contributed by atoms with E-state index in [1.165, 1.54) is 6.92 Å². The van der Waals surface area contributed by atoms with Crippen LogP contribution >= 0.6 is 11.6 Å². The molecule has 21 heavy (non-hydrogen) atoms. The average molecular weight is 304 g/mol. The molecule has 5 nitrogen and oxygen atoms in total. The van der Waals surface area contributed by atoms with Crippen molar-refractivity contribution < 1.29 is 9.59 Å². The van der Waals surface area contributed by atoms with Gasteiger partial charge in [-0.1, -0.05) is 17.7 Å². The summed E-state index contributed by atoms with van der Waals surface area (Å²) in [4.78, 5) is 23.2. The Morgan fingerprint density at radius 3 is 2.57 bits per heavy atom. The number of anilines is 3. The fourth-order valence-corrected chi connectivity index (χ4v) is 1.94. The summed E-state index contributed by atoms with van der Waals surface area (Å²) < 4.78 is 0. The number of benzene rings is 2. The molecular formula is C15H14ClN3O2. The number of carbonyl (C=O) groups is 2. The van der Waals surface area contributed by atoms with Crippen molar-refractivity contribution in [2.24, 2.45) is 0 Å². The summed E-state index contributed by atoms with van der Waals surface area (Å²) in [6, 6.07) is 11.4. The van der Waals surface area contributed by atoms with E-state index in [-0.39, 0.29) is 11.8 Å². The smallest absolute Gasteiger partial charge is 0.255 e. The van der Waals surface area contributed by atoms with Gasteiger partial charge in [0.2, 0.25) is 5.91 Å². The minimum Gasteiger partial charge on any atom is -0.399 e. The predicted octanol–water partition coefficient (Wildman–Crippen LogP) is 3.13. The van der Waals surface area contributed by atoms with E-state index in [2.05, 4.69) is 10.6 Å². The van der Waals surface area contributed by atoms with Crippen LogP contribution in [0, 0.1) is 0 Å². The molecule has 0 aromatic heterocycles. The Labute approximate surface area is 127 Å². The third-order valence-corrected chi connectivity index (χ3v) is 3.01. The lowest BCUT2D eigenvalue weighted by atomic mass is 10.1. The summed E-state index contributed by atoms with van der Waals surface area (Å²) in [5.41, 5.74) is 7.55. The van der Waals surface area contributed by atoms with Crippen molar-refractivity contribution in [2.45, 2.75) is 6.92 Å². The van der Waals surface area contributed by atoms with E-state index < -0.39 is 0 Å². The quantitative estimate of drug-likeness (QED) is 0.762. The molecule has 0 unspecified atom stereocenters. The number of amides is 2. The maximum atomic E-state index is 12.2. The molecule has 0 saturated carbocycles. The molecule has 0 fully saturated rings. The number of hydrogen-bond donors (Lipinski definition) is 3. The summed E-state index contributed by atoms with van der Waals surface area (Å²) in [5, 5.41) is 5.70. The molecule has 0 aliphatic carbocycles. The van der Waals surface area contributed by atoms with Crippen LogP contribution in [-0.2, 0) is 4.79 Å². The standard InChI is InChI=1S/C15H14ClN3O2/c1-9(20)18-12-4-2-3-10(7-12)15(21)19-14-8-11(17)5-6-13(14)16/h2-8H,17H2,1H3,(H,18,20)(H,19,21). The molecule has 0 saturated heterocycles. The highest BCUT2D eigenvalue weighted by Crippen LogP contribution is 2.24. The second-order valence-corrected chi connectivity index (χ2v) is 4.86. The fraction of sp³-hybridized carbons (Fsp3) is 0.0667. The highest BCUT2D eigenvalue weighted by molar-refractivity contribution is 6.34. The minimum atomic E-state index is -0.338. The molecule has 0 aliphatic rings. The summed E-state index contributed by atoms with van der Waals surface area (Å²) >= 11 is 6.00. The molecule has 0 atom stereocenters. The van der Waals surface area contributed by atoms with Gasteiger partial charge in [-0.25, -0.2) is 0 Å². The van der Waals surface area contributed by atoms with Gasteiger partial charge in [0, 0.05) is 23.9 Å². The zero-order valence-electron chi connectivity index (χ0n) is 11.3. The van der Waals surface area contributed by atoms with Crippen molar-refractivity contribution in [3.8, 4) is 0 Å². The third-order valence-electron chi connectivity index (χ3n) is 2.68. The van der Waals surface area contributed by atoms with Gasteiger partial charge in [0.25, 0.3) is 5.91 Å². The van der Waals surface area contributed by atoms with Gasteiger partial charge in [-0.3, -0.25) is 9.59 Å². The first-order valence-electron chi connectivity index (χ1n) is 6.20. The highest BCUT2D eigenvalue weighted by atomic mass is 35.5. The van der Waals surface area contributed by atoms with Crippen molar-refractivity contribution in [2.75, 3.05) is 16.4 Å². The molecule has 2 amide bonds. The second kappa shape index (κ2) is 6.28. The van der Waals surface area contributed by atoms with E-state index in [1.54, 1.807) is 42.5 Å². The first kappa shape index (κ1) is 14.9. The lowest BCUT2D eigenvalue weighted by Crippen LogP contribution is -2.13. The van der Waals surface area contributed by atoms with Crippen molar-refractivity contribution in [1.82, 2.24) is 0 Å². The third kappa shape index (κ3) is 3.97. The summed E-state index contributed by atoms with van der Waals surface area (Å²) in [5.74, 6) is -0.541. The number of rotatable bonds is 3. The van der Waals surface area contributed by atoms with Crippen molar-refractivity contribution in [3.63, 3.8) is 0 Å². The van der Waals surface area contributed by atoms with Crippen molar-refractivity contribution >= 4 is 40.5 Å². The number of nitrogens with two attached hydrogens (primary N) is 1. The Kier molecular flexibility index (Phi) is 4.45. The maximum absolute atomic E-state index is 12.2. The number of nitrogens with one attached hydrogen (secondary N) is 2. The van der Waals surface area contributed by atoms with Gasteiger partial charge in [-0.15, -0.1) is 0 Å². The molecule has 0 spiro atoms. The van der Waals surface area contributed by atoms with Crippen LogP contribution in [0.3, 0.4) is 0 Å². The zero-order valence-corrected chi connectivity index (χ0v) is 12.1. The number of nitrogen functional groups attached to an aromatic ring is 1. The van der Waals surface area contributed by atoms with Gasteiger partial charge in [0.15, 0.2) is 0 Å². The van der Waals surface area contributed by atoms with Crippen LogP contribution in [0.15, 0.2) is 42.5 Å². The molecule has 6 heteroatoms. The number of hydrogen-bond acceptors (Lipinski definition) is 3. The molecule has 0 radical (unpaired) electrons. The van der Waals surface area contributed by atoms with Crippen LogP contribution in [0.4, 0.5) is 17.1 Å². The van der Waals surface area contributed by atoms with Crippen molar-refractivity contribution in [3.05, 3.63) is 53.1 Å². The molecule has 2 aromatic carbocycles. The predicted molar refractivity (Wildman–Crippen MR) is 84.6 cm³/mol. The molecule has 108 valence electrons. The van der Waals surface area contributed by atoms with Gasteiger partial charge in [-0.05, 0) is 36.4 Å². The monoisotopic (exact) mass is 303 g/mol. The molecule has 0 heterocycles. The maximum Gasteiger partial charge on any atom is 0.255 e. The molecule has 2 rings (SSSR count). The lowest BCUT2D eigenvalue weighted by Gasteiger charge is -2.09. The fourth-order valence-electron chi connectivity index (χ4n) is 1.77. The summed E-state index contributed by atoms with van der Waals surface area (Å²) in [6.45, 7) is 1.40. The van der Waals surface area contributed by atoms with Crippen LogP contribution in [0.1, 0.15) is 17.3 Å². The number of halogens is 1. The highest BCUT2D eigenvalue weighted by Gasteiger charge is 2.09. The van der Waals surface area contributed by atoms with Gasteiger partial charge >= 0.3 is 0 Å². The van der Waals surface area contributed by atoms with Crippen LogP contribution in [0.5, 0.6) is 0 Å². The average Bonchev–Trinajstić information content (AvgIpc) is 2.42. The Bertz CT molecular complexity index is 701. The van der Waals surface area contributed by atoms with Gasteiger partial charge in [0.05, 0.1) is 10.7 Å². The summed E-state index contributed by atoms with van der Waals surface area (Å²) in [6.07, 6.45) is 0. The second-order valence-electron chi connectivity index (χ2n) is 4.46. The van der Waals surface area contributed by atoms with Crippen LogP contribution in [0.2, 0.25) is 5.02 Å². The Morgan fingerprint density at radius 1 is 1.10 bits per heavy atom. The van der Waals surface area contributed by atoms with Gasteiger partial charge in [-0.2, -0.15) is 0 Å². The summed E-state index contributed by atoms with van der Waals surface area (Å²) in [7, 11) is 0. The van der Waals surface area contributed by atoms with E-state index in [9.17, 15) is 9.59 Å². The van der Waals surface area contributed by atoms with E-state index in [4.69, 9.17) is 17.3 Å². The first-order chi connectivity index (χ1) is 9.95. The molecule has 4 N–H and O–H groups in total. The lowest BCUT2D eigenvalue weighted by molar-refractivity contribution is -0.114. The van der Waals surface area contributed by atoms with Gasteiger partial charge in [0.1, 0.15) is 0 Å². The molecule has 2 aromatic rings. The molecule has 0 bridgehead atoms. The van der Waals surface area contributed by atoms with Crippen LogP contribution in [0.25, 0.3) is 0 Å². The van der Waals surface area contributed by atoms with Gasteiger partial charge < -0.3 is 16.4 Å². The number of carbonyl (C=O) groups excluding carboxylic acids is 2. The first-order valence-corrected chi connectivity index (χ1v) is 6.57. The van der Waals surface area contributed by atoms with E-state index in [0.717, 1.165) is 0 Å². The van der Waals surface area contributed by atoms with E-state index in [1.807, 2.05) is 0 Å². The van der Waals surface area contributed by atoms with E-state index in [0.29, 0.717) is 27.6 Å².